The molecule has 2 atom stereocenters. The van der Waals surface area contributed by atoms with Crippen LogP contribution in [0.15, 0.2) is 18.2 Å². The average molecular weight is 296 g/mol. The molecule has 0 saturated carbocycles. The molecule has 0 unspecified atom stereocenters. The van der Waals surface area contributed by atoms with Gasteiger partial charge in [0.25, 0.3) is 0 Å². The number of hydrogen-bond donors (Lipinski definition) is 2. The molecule has 0 aliphatic rings. The summed E-state index contributed by atoms with van der Waals surface area (Å²) in [6.45, 7) is 1.53. The number of carbonyl (C=O) groups excluding carboxylic acids is 1. The molecule has 0 spiro atoms. The standard InChI is InChI=1S/C14H14F2N2O3/c1-8(7-17)2-12(14(20)21)18-13(19)5-9-3-10(15)6-11(16)4-9/h3-4,6,8,12H,2,5H2,1H3,(H,18,19)(H,20,21)/t8-,12-/m1/s1. The maximum atomic E-state index is 13.0. The first-order valence-corrected chi connectivity index (χ1v) is 6.18. The predicted molar refractivity (Wildman–Crippen MR) is 69.0 cm³/mol. The topological polar surface area (TPSA) is 90.2 Å². The van der Waals surface area contributed by atoms with Crippen molar-refractivity contribution in [2.24, 2.45) is 5.92 Å². The van der Waals surface area contributed by atoms with E-state index >= 15 is 0 Å². The van der Waals surface area contributed by atoms with Crippen LogP contribution in [0.4, 0.5) is 8.78 Å². The summed E-state index contributed by atoms with van der Waals surface area (Å²) in [4.78, 5) is 22.7. The third-order valence-electron chi connectivity index (χ3n) is 2.73. The molecule has 7 heteroatoms. The first kappa shape index (κ1) is 16.6. The summed E-state index contributed by atoms with van der Waals surface area (Å²) in [5.41, 5.74) is 0.0995. The highest BCUT2D eigenvalue weighted by atomic mass is 19.1. The minimum absolute atomic E-state index is 0.0465. The van der Waals surface area contributed by atoms with Crippen molar-refractivity contribution < 1.29 is 23.5 Å². The molecule has 0 bridgehead atoms. The minimum atomic E-state index is -1.27. The van der Waals surface area contributed by atoms with Crippen LogP contribution >= 0.6 is 0 Å². The van der Waals surface area contributed by atoms with Gasteiger partial charge < -0.3 is 10.4 Å². The van der Waals surface area contributed by atoms with Crippen LogP contribution in [0.2, 0.25) is 0 Å². The summed E-state index contributed by atoms with van der Waals surface area (Å²) in [5, 5.41) is 19.9. The van der Waals surface area contributed by atoms with Gasteiger partial charge in [-0.2, -0.15) is 5.26 Å². The van der Waals surface area contributed by atoms with Crippen LogP contribution in [0.3, 0.4) is 0 Å². The number of rotatable bonds is 6. The molecule has 1 rings (SSSR count). The lowest BCUT2D eigenvalue weighted by Crippen LogP contribution is -2.42. The molecule has 1 aromatic rings. The summed E-state index contributed by atoms with van der Waals surface area (Å²) < 4.78 is 26.0. The summed E-state index contributed by atoms with van der Waals surface area (Å²) in [6.07, 6.45) is -0.394. The molecule has 1 amide bonds. The highest BCUT2D eigenvalue weighted by Gasteiger charge is 2.22. The third-order valence-corrected chi connectivity index (χ3v) is 2.73. The van der Waals surface area contributed by atoms with Gasteiger partial charge in [0, 0.05) is 12.0 Å². The lowest BCUT2D eigenvalue weighted by Gasteiger charge is -2.15. The SMILES string of the molecule is C[C@@H](C#N)C[C@@H](NC(=O)Cc1cc(F)cc(F)c1)C(=O)O. The van der Waals surface area contributed by atoms with Crippen molar-refractivity contribution in [3.05, 3.63) is 35.4 Å². The second-order valence-electron chi connectivity index (χ2n) is 4.68. The Hall–Kier alpha value is -2.49. The number of amides is 1. The number of carboxylic acids is 1. The molecule has 0 heterocycles. The summed E-state index contributed by atoms with van der Waals surface area (Å²) >= 11 is 0. The molecule has 2 N–H and O–H groups in total. The number of carboxylic acid groups (broad SMARTS) is 1. The third kappa shape index (κ3) is 5.57. The zero-order valence-corrected chi connectivity index (χ0v) is 11.3. The van der Waals surface area contributed by atoms with Crippen LogP contribution < -0.4 is 5.32 Å². The maximum Gasteiger partial charge on any atom is 0.326 e. The van der Waals surface area contributed by atoms with Gasteiger partial charge in [-0.25, -0.2) is 13.6 Å². The van der Waals surface area contributed by atoms with E-state index in [1.807, 2.05) is 6.07 Å². The number of carbonyl (C=O) groups is 2. The first-order valence-electron chi connectivity index (χ1n) is 6.18. The van der Waals surface area contributed by atoms with Gasteiger partial charge >= 0.3 is 5.97 Å². The number of nitrogens with zero attached hydrogens (tertiary/aromatic N) is 1. The van der Waals surface area contributed by atoms with E-state index in [1.165, 1.54) is 6.92 Å². The zero-order chi connectivity index (χ0) is 16.0. The molecule has 1 aromatic carbocycles. The molecule has 5 nitrogen and oxygen atoms in total. The van der Waals surface area contributed by atoms with E-state index in [0.717, 1.165) is 12.1 Å². The van der Waals surface area contributed by atoms with E-state index < -0.39 is 35.5 Å². The monoisotopic (exact) mass is 296 g/mol. The van der Waals surface area contributed by atoms with Crippen molar-refractivity contribution in [2.75, 3.05) is 0 Å². The smallest absolute Gasteiger partial charge is 0.326 e. The Morgan fingerprint density at radius 2 is 1.90 bits per heavy atom. The minimum Gasteiger partial charge on any atom is -0.480 e. The Kier molecular flexibility index (Phi) is 5.79. The molecule has 0 aliphatic carbocycles. The number of nitrogens with one attached hydrogen (secondary N) is 1. The van der Waals surface area contributed by atoms with Gasteiger partial charge in [0.1, 0.15) is 17.7 Å². The fourth-order valence-corrected chi connectivity index (χ4v) is 1.77. The fourth-order valence-electron chi connectivity index (χ4n) is 1.77. The lowest BCUT2D eigenvalue weighted by atomic mass is 10.0. The average Bonchev–Trinajstić information content (AvgIpc) is 2.36. The number of halogens is 2. The fraction of sp³-hybridized carbons (Fsp3) is 0.357. The lowest BCUT2D eigenvalue weighted by molar-refractivity contribution is -0.142. The molecule has 112 valence electrons. The molecule has 21 heavy (non-hydrogen) atoms. The van der Waals surface area contributed by atoms with Gasteiger partial charge in [-0.15, -0.1) is 0 Å². The van der Waals surface area contributed by atoms with Gasteiger partial charge in [0.2, 0.25) is 5.91 Å². The highest BCUT2D eigenvalue weighted by molar-refractivity contribution is 5.84. The van der Waals surface area contributed by atoms with Gasteiger partial charge in [-0.1, -0.05) is 0 Å². The number of nitriles is 1. The summed E-state index contributed by atoms with van der Waals surface area (Å²) in [6, 6.07) is 3.33. The van der Waals surface area contributed by atoms with Crippen molar-refractivity contribution in [3.63, 3.8) is 0 Å². The highest BCUT2D eigenvalue weighted by Crippen LogP contribution is 2.10. The van der Waals surface area contributed by atoms with E-state index in [9.17, 15) is 18.4 Å². The number of aliphatic carboxylic acids is 1. The van der Waals surface area contributed by atoms with Crippen LogP contribution in [0, 0.1) is 28.9 Å². The van der Waals surface area contributed by atoms with Crippen LogP contribution in [0.25, 0.3) is 0 Å². The van der Waals surface area contributed by atoms with Gasteiger partial charge in [0.05, 0.1) is 12.5 Å². The first-order chi connectivity index (χ1) is 9.81. The second-order valence-corrected chi connectivity index (χ2v) is 4.68. The van der Waals surface area contributed by atoms with Crippen LogP contribution in [0.1, 0.15) is 18.9 Å². The Labute approximate surface area is 120 Å². The van der Waals surface area contributed by atoms with Crippen molar-refractivity contribution in [3.8, 4) is 6.07 Å². The van der Waals surface area contributed by atoms with Crippen molar-refractivity contribution >= 4 is 11.9 Å². The van der Waals surface area contributed by atoms with E-state index in [1.54, 1.807) is 0 Å². The van der Waals surface area contributed by atoms with Crippen molar-refractivity contribution in [2.45, 2.75) is 25.8 Å². The number of benzene rings is 1. The van der Waals surface area contributed by atoms with Crippen LogP contribution in [0.5, 0.6) is 0 Å². The van der Waals surface area contributed by atoms with Crippen LogP contribution in [-0.2, 0) is 16.0 Å². The Morgan fingerprint density at radius 3 is 2.38 bits per heavy atom. The zero-order valence-electron chi connectivity index (χ0n) is 11.3. The molecule has 0 fully saturated rings. The van der Waals surface area contributed by atoms with E-state index in [4.69, 9.17) is 10.4 Å². The summed E-state index contributed by atoms with van der Waals surface area (Å²) in [5.74, 6) is -4.12. The number of hydrogen-bond acceptors (Lipinski definition) is 3. The van der Waals surface area contributed by atoms with Crippen molar-refractivity contribution in [1.82, 2.24) is 5.32 Å². The van der Waals surface area contributed by atoms with Crippen molar-refractivity contribution in [1.29, 1.82) is 5.26 Å². The largest absolute Gasteiger partial charge is 0.480 e. The molecule has 0 aromatic heterocycles. The Bertz CT molecular complexity index is 564. The Balaban J connectivity index is 2.70. The Morgan fingerprint density at radius 1 is 1.33 bits per heavy atom. The molecular weight excluding hydrogens is 282 g/mol. The second kappa shape index (κ2) is 7.33. The predicted octanol–water partition coefficient (Wildman–Crippen LogP) is 1.63. The van der Waals surface area contributed by atoms with E-state index in [-0.39, 0.29) is 18.4 Å². The summed E-state index contributed by atoms with van der Waals surface area (Å²) in [7, 11) is 0. The van der Waals surface area contributed by atoms with E-state index in [2.05, 4.69) is 5.32 Å². The molecule has 0 radical (unpaired) electrons. The van der Waals surface area contributed by atoms with E-state index in [0.29, 0.717) is 6.07 Å². The van der Waals surface area contributed by atoms with Gasteiger partial charge in [-0.3, -0.25) is 4.79 Å². The van der Waals surface area contributed by atoms with Gasteiger partial charge in [-0.05, 0) is 31.0 Å². The molecule has 0 saturated heterocycles. The van der Waals surface area contributed by atoms with Gasteiger partial charge in [0.15, 0.2) is 0 Å². The molecular formula is C14H14F2N2O3. The maximum absolute atomic E-state index is 13.0. The quantitative estimate of drug-likeness (QED) is 0.834. The van der Waals surface area contributed by atoms with Crippen LogP contribution in [-0.4, -0.2) is 23.0 Å². The normalized spacial score (nSPS) is 13.0. The molecule has 0 aliphatic heterocycles.